The summed E-state index contributed by atoms with van der Waals surface area (Å²) in [6.07, 6.45) is 1.60. The van der Waals surface area contributed by atoms with Crippen molar-refractivity contribution in [2.45, 2.75) is 6.92 Å². The molecule has 2 rings (SSSR count). The maximum absolute atomic E-state index is 11.8. The van der Waals surface area contributed by atoms with Crippen LogP contribution in [0.25, 0.3) is 0 Å². The summed E-state index contributed by atoms with van der Waals surface area (Å²) < 4.78 is 0. The summed E-state index contributed by atoms with van der Waals surface area (Å²) >= 11 is 0. The number of rotatable bonds is 5. The van der Waals surface area contributed by atoms with Crippen LogP contribution >= 0.6 is 0 Å². The molecule has 0 fully saturated rings. The van der Waals surface area contributed by atoms with Crippen molar-refractivity contribution >= 4 is 17.5 Å². The van der Waals surface area contributed by atoms with E-state index in [9.17, 15) is 9.59 Å². The minimum absolute atomic E-state index is 0.0697. The van der Waals surface area contributed by atoms with Crippen LogP contribution in [0.15, 0.2) is 36.9 Å². The van der Waals surface area contributed by atoms with Gasteiger partial charge in [-0.05, 0) is 31.2 Å². The van der Waals surface area contributed by atoms with Crippen molar-refractivity contribution < 1.29 is 9.59 Å². The Bertz CT molecular complexity index is 660. The van der Waals surface area contributed by atoms with E-state index in [2.05, 4.69) is 32.4 Å². The van der Waals surface area contributed by atoms with Gasteiger partial charge in [-0.25, -0.2) is 4.98 Å². The van der Waals surface area contributed by atoms with Gasteiger partial charge in [-0.1, -0.05) is 6.08 Å². The Morgan fingerprint density at radius 2 is 2.00 bits per heavy atom. The van der Waals surface area contributed by atoms with Gasteiger partial charge >= 0.3 is 0 Å². The molecule has 7 nitrogen and oxygen atoms in total. The largest absolute Gasteiger partial charge is 0.349 e. The first kappa shape index (κ1) is 14.4. The van der Waals surface area contributed by atoms with Crippen LogP contribution in [0.5, 0.6) is 0 Å². The molecule has 0 aliphatic rings. The molecule has 1 aromatic heterocycles. The maximum atomic E-state index is 11.8. The van der Waals surface area contributed by atoms with Crippen molar-refractivity contribution in [3.05, 3.63) is 54.1 Å². The highest BCUT2D eigenvalue weighted by Gasteiger charge is 2.11. The number of benzene rings is 1. The van der Waals surface area contributed by atoms with Gasteiger partial charge in [0.2, 0.25) is 5.82 Å². The number of nitrogens with one attached hydrogen (secondary N) is 3. The Morgan fingerprint density at radius 1 is 1.29 bits per heavy atom. The maximum Gasteiger partial charge on any atom is 0.295 e. The first-order chi connectivity index (χ1) is 10.1. The highest BCUT2D eigenvalue weighted by molar-refractivity contribution is 6.02. The molecule has 0 bridgehead atoms. The van der Waals surface area contributed by atoms with E-state index in [1.165, 1.54) is 0 Å². The Kier molecular flexibility index (Phi) is 4.45. The fourth-order valence-electron chi connectivity index (χ4n) is 1.60. The molecule has 0 radical (unpaired) electrons. The third kappa shape index (κ3) is 3.75. The number of anilines is 1. The first-order valence-electron chi connectivity index (χ1n) is 6.29. The van der Waals surface area contributed by atoms with E-state index in [0.717, 1.165) is 0 Å². The van der Waals surface area contributed by atoms with Gasteiger partial charge in [0.15, 0.2) is 0 Å². The number of hydrogen-bond acceptors (Lipinski definition) is 4. The van der Waals surface area contributed by atoms with Gasteiger partial charge in [0.1, 0.15) is 5.82 Å². The zero-order valence-corrected chi connectivity index (χ0v) is 11.5. The van der Waals surface area contributed by atoms with Crippen LogP contribution in [0.1, 0.15) is 26.8 Å². The Labute approximate surface area is 121 Å². The molecule has 0 unspecified atom stereocenters. The van der Waals surface area contributed by atoms with Crippen LogP contribution in [0, 0.1) is 6.92 Å². The lowest BCUT2D eigenvalue weighted by Gasteiger charge is -2.05. The Hall–Kier alpha value is -2.96. The summed E-state index contributed by atoms with van der Waals surface area (Å²) in [6.45, 7) is 5.64. The van der Waals surface area contributed by atoms with Crippen molar-refractivity contribution in [3.63, 3.8) is 0 Å². The second-order valence-corrected chi connectivity index (χ2v) is 4.27. The standard InChI is InChI=1S/C14H15N5O2/c1-3-8-15-13(20)10-4-6-11(7-5-10)17-14(21)12-16-9(2)18-19-12/h3-7H,1,8H2,2H3,(H,15,20)(H,17,21)(H,16,18,19). The summed E-state index contributed by atoms with van der Waals surface area (Å²) in [5, 5.41) is 11.7. The molecule has 1 heterocycles. The van der Waals surface area contributed by atoms with Crippen molar-refractivity contribution in [3.8, 4) is 0 Å². The molecule has 108 valence electrons. The number of hydrogen-bond donors (Lipinski definition) is 3. The summed E-state index contributed by atoms with van der Waals surface area (Å²) in [6, 6.07) is 6.52. The number of aromatic amines is 1. The van der Waals surface area contributed by atoms with Crippen LogP contribution in [0.4, 0.5) is 5.69 Å². The predicted octanol–water partition coefficient (Wildman–Crippen LogP) is 1.28. The van der Waals surface area contributed by atoms with Crippen molar-refractivity contribution in [1.29, 1.82) is 0 Å². The second-order valence-electron chi connectivity index (χ2n) is 4.27. The molecule has 3 N–H and O–H groups in total. The number of amides is 2. The number of carbonyl (C=O) groups is 2. The topological polar surface area (TPSA) is 99.8 Å². The fraction of sp³-hybridized carbons (Fsp3) is 0.143. The van der Waals surface area contributed by atoms with E-state index in [1.807, 2.05) is 0 Å². The highest BCUT2D eigenvalue weighted by Crippen LogP contribution is 2.10. The molecule has 1 aromatic carbocycles. The monoisotopic (exact) mass is 285 g/mol. The second kappa shape index (κ2) is 6.47. The predicted molar refractivity (Wildman–Crippen MR) is 78.0 cm³/mol. The molecular formula is C14H15N5O2. The zero-order valence-electron chi connectivity index (χ0n) is 11.5. The van der Waals surface area contributed by atoms with Gasteiger partial charge in [-0.3, -0.25) is 14.7 Å². The summed E-state index contributed by atoms with van der Waals surface area (Å²) in [4.78, 5) is 27.5. The van der Waals surface area contributed by atoms with Gasteiger partial charge in [0, 0.05) is 17.8 Å². The van der Waals surface area contributed by atoms with Gasteiger partial charge in [0.25, 0.3) is 11.8 Å². The molecule has 2 amide bonds. The summed E-state index contributed by atoms with van der Waals surface area (Å²) in [5.41, 5.74) is 1.06. The molecule has 0 aliphatic carbocycles. The average molecular weight is 285 g/mol. The normalized spacial score (nSPS) is 9.95. The molecule has 2 aromatic rings. The van der Waals surface area contributed by atoms with Crippen LogP contribution in [-0.4, -0.2) is 33.5 Å². The van der Waals surface area contributed by atoms with Crippen LogP contribution in [0.2, 0.25) is 0 Å². The Morgan fingerprint density at radius 3 is 2.57 bits per heavy atom. The third-order valence-electron chi connectivity index (χ3n) is 2.61. The molecule has 0 spiro atoms. The number of aromatic nitrogens is 3. The minimum Gasteiger partial charge on any atom is -0.349 e. The number of nitrogens with zero attached hydrogens (tertiary/aromatic N) is 2. The SMILES string of the molecule is C=CCNC(=O)c1ccc(NC(=O)c2n[nH]c(C)n2)cc1. The Balaban J connectivity index is 2.00. The van der Waals surface area contributed by atoms with Gasteiger partial charge in [-0.15, -0.1) is 11.7 Å². The van der Waals surface area contributed by atoms with Crippen molar-refractivity contribution in [2.24, 2.45) is 0 Å². The number of aryl methyl sites for hydroxylation is 1. The van der Waals surface area contributed by atoms with E-state index >= 15 is 0 Å². The molecular weight excluding hydrogens is 270 g/mol. The smallest absolute Gasteiger partial charge is 0.295 e. The molecule has 0 atom stereocenters. The van der Waals surface area contributed by atoms with E-state index in [0.29, 0.717) is 23.6 Å². The van der Waals surface area contributed by atoms with Gasteiger partial charge in [0.05, 0.1) is 0 Å². The lowest BCUT2D eigenvalue weighted by atomic mass is 10.2. The van der Waals surface area contributed by atoms with Crippen LogP contribution in [-0.2, 0) is 0 Å². The van der Waals surface area contributed by atoms with E-state index in [-0.39, 0.29) is 11.7 Å². The quantitative estimate of drug-likeness (QED) is 0.720. The van der Waals surface area contributed by atoms with Crippen molar-refractivity contribution in [1.82, 2.24) is 20.5 Å². The zero-order chi connectivity index (χ0) is 15.2. The summed E-state index contributed by atoms with van der Waals surface area (Å²) in [7, 11) is 0. The van der Waals surface area contributed by atoms with Crippen LogP contribution < -0.4 is 10.6 Å². The molecule has 0 aliphatic heterocycles. The minimum atomic E-state index is -0.414. The van der Waals surface area contributed by atoms with E-state index in [4.69, 9.17) is 0 Å². The summed E-state index contributed by atoms with van der Waals surface area (Å²) in [5.74, 6) is 0.0234. The lowest BCUT2D eigenvalue weighted by Crippen LogP contribution is -2.23. The van der Waals surface area contributed by atoms with Gasteiger partial charge < -0.3 is 10.6 Å². The molecule has 7 heteroatoms. The lowest BCUT2D eigenvalue weighted by molar-refractivity contribution is 0.0957. The molecule has 21 heavy (non-hydrogen) atoms. The third-order valence-corrected chi connectivity index (χ3v) is 2.61. The van der Waals surface area contributed by atoms with Crippen LogP contribution in [0.3, 0.4) is 0 Å². The first-order valence-corrected chi connectivity index (χ1v) is 6.29. The number of carbonyl (C=O) groups excluding carboxylic acids is 2. The highest BCUT2D eigenvalue weighted by atomic mass is 16.2. The van der Waals surface area contributed by atoms with Crippen molar-refractivity contribution in [2.75, 3.05) is 11.9 Å². The molecule has 0 saturated heterocycles. The molecule has 0 saturated carbocycles. The van der Waals surface area contributed by atoms with Gasteiger partial charge in [-0.2, -0.15) is 0 Å². The number of H-pyrrole nitrogens is 1. The van der Waals surface area contributed by atoms with E-state index < -0.39 is 5.91 Å². The fourth-order valence-corrected chi connectivity index (χ4v) is 1.60. The average Bonchev–Trinajstić information content (AvgIpc) is 2.92. The van der Waals surface area contributed by atoms with E-state index in [1.54, 1.807) is 37.3 Å².